The zero-order valence-electron chi connectivity index (χ0n) is 15.4. The van der Waals surface area contributed by atoms with Crippen LogP contribution in [0.25, 0.3) is 0 Å². The molecule has 3 aromatic rings. The molecule has 28 heavy (non-hydrogen) atoms. The molecule has 0 spiro atoms. The van der Waals surface area contributed by atoms with Gasteiger partial charge in [0.15, 0.2) is 6.17 Å². The van der Waals surface area contributed by atoms with E-state index in [-0.39, 0.29) is 5.56 Å². The number of rotatable bonds is 3. The topological polar surface area (TPSA) is 82.2 Å². The molecule has 2 heterocycles. The number of ether oxygens (including phenoxy) is 1. The van der Waals surface area contributed by atoms with Gasteiger partial charge in [-0.25, -0.2) is 20.2 Å². The highest BCUT2D eigenvalue weighted by Gasteiger charge is 2.29. The first-order valence-electron chi connectivity index (χ1n) is 8.71. The van der Waals surface area contributed by atoms with Crippen molar-refractivity contribution in [2.45, 2.75) is 13.1 Å². The Morgan fingerprint density at radius 3 is 2.57 bits per heavy atom. The predicted molar refractivity (Wildman–Crippen MR) is 109 cm³/mol. The lowest BCUT2D eigenvalue weighted by molar-refractivity contribution is -0.520. The number of guanidine groups is 1. The Balaban J connectivity index is 1.75. The van der Waals surface area contributed by atoms with E-state index in [1.54, 1.807) is 30.7 Å². The molecule has 0 bridgehead atoms. The quantitative estimate of drug-likeness (QED) is 0.628. The number of fused-ring (bicyclic) bond motifs is 1. The zero-order valence-corrected chi connectivity index (χ0v) is 16.1. The largest absolute Gasteiger partial charge is 0.497 e. The fraction of sp³-hybridized carbons (Fsp3) is 0.150. The fourth-order valence-corrected chi connectivity index (χ4v) is 3.18. The van der Waals surface area contributed by atoms with E-state index >= 15 is 0 Å². The summed E-state index contributed by atoms with van der Waals surface area (Å²) in [4.78, 5) is 20.5. The molecule has 8 heteroatoms. The van der Waals surface area contributed by atoms with Gasteiger partial charge < -0.3 is 4.74 Å². The Labute approximate surface area is 166 Å². The van der Waals surface area contributed by atoms with Gasteiger partial charge in [0.05, 0.1) is 12.8 Å². The highest BCUT2D eigenvalue weighted by molar-refractivity contribution is 6.30. The van der Waals surface area contributed by atoms with Gasteiger partial charge in [-0.05, 0) is 43.3 Å². The SMILES string of the molecule is COc1ccc(NC2=[NH+][C@@H](c3ccc(Cl)cc3)n3c(nc(C)cc3=O)N2)cc1. The molecule has 0 saturated carbocycles. The van der Waals surface area contributed by atoms with Crippen LogP contribution in [0.1, 0.15) is 17.4 Å². The van der Waals surface area contributed by atoms with Crippen molar-refractivity contribution < 1.29 is 9.73 Å². The first-order valence-corrected chi connectivity index (χ1v) is 9.08. The lowest BCUT2D eigenvalue weighted by Crippen LogP contribution is -2.82. The van der Waals surface area contributed by atoms with Gasteiger partial charge in [0, 0.05) is 22.3 Å². The van der Waals surface area contributed by atoms with Crippen molar-refractivity contribution in [3.05, 3.63) is 81.2 Å². The summed E-state index contributed by atoms with van der Waals surface area (Å²) in [5.41, 5.74) is 2.23. The maximum atomic E-state index is 12.6. The number of methoxy groups -OCH3 is 1. The van der Waals surface area contributed by atoms with Crippen LogP contribution in [-0.4, -0.2) is 22.6 Å². The third-order valence-electron chi connectivity index (χ3n) is 4.40. The second-order valence-electron chi connectivity index (χ2n) is 6.38. The minimum Gasteiger partial charge on any atom is -0.497 e. The first-order chi connectivity index (χ1) is 13.5. The van der Waals surface area contributed by atoms with Crippen LogP contribution < -0.4 is 25.9 Å². The Hall–Kier alpha value is -3.32. The van der Waals surface area contributed by atoms with E-state index in [1.165, 1.54) is 6.07 Å². The van der Waals surface area contributed by atoms with Crippen molar-refractivity contribution in [3.8, 4) is 5.75 Å². The highest BCUT2D eigenvalue weighted by Crippen LogP contribution is 2.19. The molecule has 4 rings (SSSR count). The number of hydrogen-bond donors (Lipinski definition) is 3. The monoisotopic (exact) mass is 396 g/mol. The van der Waals surface area contributed by atoms with E-state index in [2.05, 4.69) is 20.6 Å². The van der Waals surface area contributed by atoms with Crippen LogP contribution in [0.3, 0.4) is 0 Å². The average molecular weight is 397 g/mol. The summed E-state index contributed by atoms with van der Waals surface area (Å²) in [6.45, 7) is 1.79. The standard InChI is InChI=1S/C20H18ClN5O2/c1-12-11-17(27)26-18(13-3-5-14(21)6-4-13)24-19(25-20(26)22-12)23-15-7-9-16(28-2)10-8-15/h3-11,18H,1-2H3,(H2,22,23,24,25)/p+1/t18-/m1/s1. The minimum absolute atomic E-state index is 0.147. The molecule has 3 N–H and O–H groups in total. The van der Waals surface area contributed by atoms with Crippen LogP contribution >= 0.6 is 11.6 Å². The number of anilines is 2. The molecule has 0 saturated heterocycles. The van der Waals surface area contributed by atoms with E-state index in [0.717, 1.165) is 17.0 Å². The summed E-state index contributed by atoms with van der Waals surface area (Å²) in [5, 5.41) is 7.07. The Morgan fingerprint density at radius 1 is 1.18 bits per heavy atom. The molecule has 1 aromatic heterocycles. The van der Waals surface area contributed by atoms with Crippen LogP contribution in [0.4, 0.5) is 11.6 Å². The highest BCUT2D eigenvalue weighted by atomic mass is 35.5. The molecule has 1 aliphatic rings. The number of aromatic nitrogens is 2. The minimum atomic E-state index is -0.435. The summed E-state index contributed by atoms with van der Waals surface area (Å²) in [6.07, 6.45) is -0.435. The first kappa shape index (κ1) is 18.1. The molecule has 0 fully saturated rings. The van der Waals surface area contributed by atoms with E-state index in [4.69, 9.17) is 16.3 Å². The van der Waals surface area contributed by atoms with Gasteiger partial charge in [0.2, 0.25) is 0 Å². The lowest BCUT2D eigenvalue weighted by Gasteiger charge is -2.23. The van der Waals surface area contributed by atoms with Gasteiger partial charge in [0.25, 0.3) is 11.5 Å². The van der Waals surface area contributed by atoms with Crippen molar-refractivity contribution in [2.75, 3.05) is 17.7 Å². The van der Waals surface area contributed by atoms with Crippen LogP contribution in [-0.2, 0) is 0 Å². The smallest absolute Gasteiger partial charge is 0.357 e. The molecule has 7 nitrogen and oxygen atoms in total. The molecule has 1 atom stereocenters. The number of hydrogen-bond acceptors (Lipinski definition) is 5. The molecule has 0 unspecified atom stereocenters. The summed E-state index contributed by atoms with van der Waals surface area (Å²) < 4.78 is 6.77. The Morgan fingerprint density at radius 2 is 1.89 bits per heavy atom. The molecule has 2 aromatic carbocycles. The van der Waals surface area contributed by atoms with Gasteiger partial charge in [-0.15, -0.1) is 0 Å². The number of benzene rings is 2. The summed E-state index contributed by atoms with van der Waals surface area (Å²) in [6, 6.07) is 16.4. The molecular weight excluding hydrogens is 378 g/mol. The maximum absolute atomic E-state index is 12.6. The second-order valence-corrected chi connectivity index (χ2v) is 6.82. The fourth-order valence-electron chi connectivity index (χ4n) is 3.06. The summed E-state index contributed by atoms with van der Waals surface area (Å²) in [5.74, 6) is 1.84. The van der Waals surface area contributed by atoms with Crippen molar-refractivity contribution in [3.63, 3.8) is 0 Å². The second kappa shape index (κ2) is 7.36. The average Bonchev–Trinajstić information content (AvgIpc) is 2.68. The van der Waals surface area contributed by atoms with Crippen molar-refractivity contribution in [2.24, 2.45) is 0 Å². The van der Waals surface area contributed by atoms with Crippen molar-refractivity contribution >= 4 is 29.2 Å². The lowest BCUT2D eigenvalue weighted by atomic mass is 10.1. The van der Waals surface area contributed by atoms with Gasteiger partial charge in [0.1, 0.15) is 5.75 Å². The van der Waals surface area contributed by atoms with Crippen LogP contribution in [0, 0.1) is 6.92 Å². The molecule has 0 aliphatic carbocycles. The van der Waals surface area contributed by atoms with Gasteiger partial charge >= 0.3 is 5.96 Å². The molecular formula is C20H19ClN5O2+. The van der Waals surface area contributed by atoms with E-state index in [9.17, 15) is 4.79 Å². The Kier molecular flexibility index (Phi) is 4.75. The molecule has 0 radical (unpaired) electrons. The van der Waals surface area contributed by atoms with Crippen LogP contribution in [0.5, 0.6) is 5.75 Å². The van der Waals surface area contributed by atoms with Crippen molar-refractivity contribution in [1.82, 2.24) is 9.55 Å². The van der Waals surface area contributed by atoms with E-state index in [1.807, 2.05) is 36.4 Å². The van der Waals surface area contributed by atoms with Gasteiger partial charge in [-0.1, -0.05) is 23.7 Å². The van der Waals surface area contributed by atoms with Crippen LogP contribution in [0.15, 0.2) is 59.4 Å². The van der Waals surface area contributed by atoms with Gasteiger partial charge in [-0.3, -0.25) is 9.79 Å². The van der Waals surface area contributed by atoms with E-state index in [0.29, 0.717) is 22.6 Å². The summed E-state index contributed by atoms with van der Waals surface area (Å²) in [7, 11) is 1.63. The Bertz CT molecular complexity index is 1090. The van der Waals surface area contributed by atoms with Crippen molar-refractivity contribution in [1.29, 1.82) is 0 Å². The van der Waals surface area contributed by atoms with Gasteiger partial charge in [-0.2, -0.15) is 0 Å². The maximum Gasteiger partial charge on any atom is 0.357 e. The third-order valence-corrected chi connectivity index (χ3v) is 4.65. The number of aryl methyl sites for hydroxylation is 1. The normalized spacial score (nSPS) is 15.2. The number of halogens is 1. The predicted octanol–water partition coefficient (Wildman–Crippen LogP) is 1.73. The molecule has 142 valence electrons. The molecule has 0 amide bonds. The summed E-state index contributed by atoms with van der Waals surface area (Å²) >= 11 is 6.02. The molecule has 1 aliphatic heterocycles. The van der Waals surface area contributed by atoms with Crippen LogP contribution in [0.2, 0.25) is 5.02 Å². The number of nitrogens with one attached hydrogen (secondary N) is 3. The zero-order chi connectivity index (χ0) is 19.7. The van der Waals surface area contributed by atoms with E-state index < -0.39 is 6.17 Å². The third kappa shape index (κ3) is 3.57. The number of nitrogens with zero attached hydrogens (tertiary/aromatic N) is 2.